The van der Waals surface area contributed by atoms with Gasteiger partial charge >= 0.3 is 0 Å². The first kappa shape index (κ1) is 13.5. The van der Waals surface area contributed by atoms with Gasteiger partial charge in [0.05, 0.1) is 10.7 Å². The Labute approximate surface area is 133 Å². The molecule has 0 unspecified atom stereocenters. The highest BCUT2D eigenvalue weighted by Crippen LogP contribution is 2.27. The summed E-state index contributed by atoms with van der Waals surface area (Å²) in [6.07, 6.45) is 3.46. The number of aromatic nitrogens is 4. The highest BCUT2D eigenvalue weighted by Gasteiger charge is 2.11. The van der Waals surface area contributed by atoms with E-state index in [1.54, 1.807) is 12.4 Å². The van der Waals surface area contributed by atoms with Crippen molar-refractivity contribution in [1.82, 2.24) is 19.7 Å². The molecule has 7 heteroatoms. The van der Waals surface area contributed by atoms with Crippen LogP contribution in [0.15, 0.2) is 47.2 Å². The van der Waals surface area contributed by atoms with Crippen molar-refractivity contribution in [3.05, 3.63) is 57.0 Å². The molecule has 0 radical (unpaired) electrons. The van der Waals surface area contributed by atoms with Crippen LogP contribution in [0.2, 0.25) is 5.02 Å². The van der Waals surface area contributed by atoms with Crippen molar-refractivity contribution < 1.29 is 0 Å². The zero-order valence-electron chi connectivity index (χ0n) is 10.0. The third kappa shape index (κ3) is 2.42. The Morgan fingerprint density at radius 3 is 2.85 bits per heavy atom. The molecule has 0 fully saturated rings. The normalized spacial score (nSPS) is 10.7. The van der Waals surface area contributed by atoms with E-state index in [0.29, 0.717) is 15.6 Å². The van der Waals surface area contributed by atoms with Crippen molar-refractivity contribution in [2.45, 2.75) is 0 Å². The quantitative estimate of drug-likeness (QED) is 0.683. The molecule has 0 saturated heterocycles. The molecule has 0 aliphatic carbocycles. The summed E-state index contributed by atoms with van der Waals surface area (Å²) in [4.78, 5) is 4.11. The number of hydrogen-bond donors (Lipinski definition) is 1. The summed E-state index contributed by atoms with van der Waals surface area (Å²) < 4.78 is 3.16. The van der Waals surface area contributed by atoms with E-state index in [9.17, 15) is 0 Å². The van der Waals surface area contributed by atoms with Crippen molar-refractivity contribution in [3.8, 4) is 17.1 Å². The maximum atomic E-state index is 6.02. The van der Waals surface area contributed by atoms with Crippen LogP contribution >= 0.6 is 39.7 Å². The van der Waals surface area contributed by atoms with Crippen molar-refractivity contribution in [1.29, 1.82) is 0 Å². The van der Waals surface area contributed by atoms with Crippen LogP contribution in [0, 0.1) is 4.77 Å². The van der Waals surface area contributed by atoms with E-state index in [2.05, 4.69) is 31.1 Å². The number of nitrogens with zero attached hydrogens (tertiary/aromatic N) is 3. The van der Waals surface area contributed by atoms with Crippen molar-refractivity contribution in [2.24, 2.45) is 0 Å². The Morgan fingerprint density at radius 2 is 2.15 bits per heavy atom. The monoisotopic (exact) mass is 366 g/mol. The van der Waals surface area contributed by atoms with Crippen molar-refractivity contribution >= 4 is 39.7 Å². The second kappa shape index (κ2) is 5.47. The lowest BCUT2D eigenvalue weighted by atomic mass is 10.2. The Hall–Kier alpha value is -1.50. The number of pyridine rings is 1. The van der Waals surface area contributed by atoms with Crippen LogP contribution in [0.4, 0.5) is 0 Å². The molecule has 0 bridgehead atoms. The first-order valence-corrected chi connectivity index (χ1v) is 7.28. The molecule has 1 aromatic carbocycles. The van der Waals surface area contributed by atoms with Gasteiger partial charge in [0.15, 0.2) is 10.6 Å². The lowest BCUT2D eigenvalue weighted by Gasteiger charge is -2.07. The van der Waals surface area contributed by atoms with E-state index in [0.717, 1.165) is 15.7 Å². The maximum Gasteiger partial charge on any atom is 0.200 e. The van der Waals surface area contributed by atoms with Gasteiger partial charge in [-0.15, -0.1) is 0 Å². The Balaban J connectivity index is 2.22. The van der Waals surface area contributed by atoms with Gasteiger partial charge in [0, 0.05) is 22.4 Å². The van der Waals surface area contributed by atoms with Gasteiger partial charge in [-0.1, -0.05) is 11.6 Å². The zero-order valence-corrected chi connectivity index (χ0v) is 13.2. The minimum Gasteiger partial charge on any atom is -0.268 e. The van der Waals surface area contributed by atoms with Crippen LogP contribution in [0.5, 0.6) is 0 Å². The lowest BCUT2D eigenvalue weighted by Crippen LogP contribution is -1.98. The van der Waals surface area contributed by atoms with E-state index in [1.807, 2.05) is 34.9 Å². The summed E-state index contributed by atoms with van der Waals surface area (Å²) in [6.45, 7) is 0. The molecule has 0 spiro atoms. The SMILES string of the molecule is S=c1[nH]nc(-c2cccnc2)n1-c1ccc(Cl)c(Br)c1. The van der Waals surface area contributed by atoms with Gasteiger partial charge in [-0.25, -0.2) is 0 Å². The zero-order chi connectivity index (χ0) is 14.1. The van der Waals surface area contributed by atoms with Crippen LogP contribution in [0.25, 0.3) is 17.1 Å². The van der Waals surface area contributed by atoms with E-state index >= 15 is 0 Å². The van der Waals surface area contributed by atoms with Gasteiger partial charge < -0.3 is 0 Å². The summed E-state index contributed by atoms with van der Waals surface area (Å²) in [5.74, 6) is 0.706. The molecule has 20 heavy (non-hydrogen) atoms. The Kier molecular flexibility index (Phi) is 3.69. The van der Waals surface area contributed by atoms with Crippen molar-refractivity contribution in [3.63, 3.8) is 0 Å². The number of aromatic amines is 1. The number of benzene rings is 1. The summed E-state index contributed by atoms with van der Waals surface area (Å²) in [5, 5.41) is 7.73. The summed E-state index contributed by atoms with van der Waals surface area (Å²) in [7, 11) is 0. The van der Waals surface area contributed by atoms with Gasteiger partial charge in [0.25, 0.3) is 0 Å². The molecular weight excluding hydrogens is 360 g/mol. The van der Waals surface area contributed by atoms with E-state index in [1.165, 1.54) is 0 Å². The minimum atomic E-state index is 0.512. The van der Waals surface area contributed by atoms with Crippen molar-refractivity contribution in [2.75, 3.05) is 0 Å². The van der Waals surface area contributed by atoms with Crippen LogP contribution in [0.3, 0.4) is 0 Å². The fourth-order valence-corrected chi connectivity index (χ4v) is 2.57. The first-order chi connectivity index (χ1) is 9.66. The molecule has 0 aliphatic heterocycles. The van der Waals surface area contributed by atoms with Gasteiger partial charge in [-0.3, -0.25) is 14.6 Å². The Morgan fingerprint density at radius 1 is 1.30 bits per heavy atom. The highest BCUT2D eigenvalue weighted by molar-refractivity contribution is 9.10. The molecule has 3 rings (SSSR count). The highest BCUT2D eigenvalue weighted by atomic mass is 79.9. The maximum absolute atomic E-state index is 6.02. The lowest BCUT2D eigenvalue weighted by molar-refractivity contribution is 1.03. The number of nitrogens with one attached hydrogen (secondary N) is 1. The van der Waals surface area contributed by atoms with Gasteiger partial charge in [-0.05, 0) is 58.5 Å². The number of H-pyrrole nitrogens is 1. The molecule has 0 saturated carbocycles. The van der Waals surface area contributed by atoms with Crippen LogP contribution < -0.4 is 0 Å². The largest absolute Gasteiger partial charge is 0.268 e. The van der Waals surface area contributed by atoms with E-state index < -0.39 is 0 Å². The van der Waals surface area contributed by atoms with Gasteiger partial charge in [0.1, 0.15) is 0 Å². The average molecular weight is 368 g/mol. The predicted molar refractivity (Wildman–Crippen MR) is 84.7 cm³/mol. The van der Waals surface area contributed by atoms with Gasteiger partial charge in [-0.2, -0.15) is 5.10 Å². The molecule has 0 amide bonds. The van der Waals surface area contributed by atoms with Crippen LogP contribution in [-0.4, -0.2) is 19.7 Å². The fraction of sp³-hybridized carbons (Fsp3) is 0. The molecule has 3 aromatic rings. The molecular formula is C13H8BrClN4S. The van der Waals surface area contributed by atoms with Gasteiger partial charge in [0.2, 0.25) is 0 Å². The molecule has 0 aliphatic rings. The summed E-state index contributed by atoms with van der Waals surface area (Å²) >= 11 is 14.7. The molecule has 4 nitrogen and oxygen atoms in total. The molecule has 100 valence electrons. The molecule has 2 aromatic heterocycles. The molecule has 0 atom stereocenters. The number of halogens is 2. The summed E-state index contributed by atoms with van der Waals surface area (Å²) in [6, 6.07) is 9.38. The van der Waals surface area contributed by atoms with E-state index in [-0.39, 0.29) is 0 Å². The number of rotatable bonds is 2. The third-order valence-corrected chi connectivity index (χ3v) is 4.24. The standard InChI is InChI=1S/C13H8BrClN4S/c14-10-6-9(3-4-11(10)15)19-12(17-18-13(19)20)8-2-1-5-16-7-8/h1-7H,(H,18,20). The molecule has 1 N–H and O–H groups in total. The number of hydrogen-bond acceptors (Lipinski definition) is 3. The molecule has 2 heterocycles. The fourth-order valence-electron chi connectivity index (χ4n) is 1.85. The predicted octanol–water partition coefficient (Wildman–Crippen LogP) is 4.41. The Bertz CT molecular complexity index is 813. The second-order valence-corrected chi connectivity index (χ2v) is 5.68. The topological polar surface area (TPSA) is 46.5 Å². The van der Waals surface area contributed by atoms with E-state index in [4.69, 9.17) is 23.8 Å². The van der Waals surface area contributed by atoms with Crippen LogP contribution in [0.1, 0.15) is 0 Å². The average Bonchev–Trinajstić information content (AvgIpc) is 2.85. The third-order valence-electron chi connectivity index (χ3n) is 2.75. The van der Waals surface area contributed by atoms with Crippen LogP contribution in [-0.2, 0) is 0 Å². The smallest absolute Gasteiger partial charge is 0.200 e. The minimum absolute atomic E-state index is 0.512. The second-order valence-electron chi connectivity index (χ2n) is 4.03. The first-order valence-electron chi connectivity index (χ1n) is 5.70. The summed E-state index contributed by atoms with van der Waals surface area (Å²) in [5.41, 5.74) is 1.75.